The number of hydrogen-bond acceptors (Lipinski definition) is 4. The van der Waals surface area contributed by atoms with E-state index in [9.17, 15) is 8.42 Å². The van der Waals surface area contributed by atoms with Crippen LogP contribution in [0.4, 0.5) is 0 Å². The largest absolute Gasteiger partial charge is 0.355 e. The topological polar surface area (TPSA) is 65.0 Å². The highest BCUT2D eigenvalue weighted by Crippen LogP contribution is 2.42. The van der Waals surface area contributed by atoms with E-state index in [4.69, 9.17) is 0 Å². The van der Waals surface area contributed by atoms with Crippen LogP contribution < -0.4 is 5.32 Å². The molecular weight excluding hydrogens is 471 g/mol. The molecule has 6 nitrogen and oxygen atoms in total. The predicted octanol–water partition coefficient (Wildman–Crippen LogP) is 1.97. The summed E-state index contributed by atoms with van der Waals surface area (Å²) in [4.78, 5) is 6.82. The molecule has 0 amide bonds. The Labute approximate surface area is 173 Å². The van der Waals surface area contributed by atoms with Crippen LogP contribution in [0.15, 0.2) is 4.99 Å². The minimum Gasteiger partial charge on any atom is -0.355 e. The van der Waals surface area contributed by atoms with Crippen molar-refractivity contribution >= 4 is 51.7 Å². The third-order valence-electron chi connectivity index (χ3n) is 5.37. The van der Waals surface area contributed by atoms with Crippen LogP contribution in [-0.4, -0.2) is 79.6 Å². The van der Waals surface area contributed by atoms with Gasteiger partial charge in [-0.25, -0.2) is 12.7 Å². The second-order valence-corrected chi connectivity index (χ2v) is 10.7. The van der Waals surface area contributed by atoms with Gasteiger partial charge in [-0.3, -0.25) is 4.99 Å². The van der Waals surface area contributed by atoms with Crippen molar-refractivity contribution in [2.24, 2.45) is 4.99 Å². The zero-order valence-corrected chi connectivity index (χ0v) is 19.0. The second-order valence-electron chi connectivity index (χ2n) is 7.06. The van der Waals surface area contributed by atoms with Crippen molar-refractivity contribution in [2.45, 2.75) is 43.3 Å². The number of nitrogens with zero attached hydrogens (tertiary/aromatic N) is 3. The molecule has 0 unspecified atom stereocenters. The monoisotopic (exact) mass is 502 g/mol. The van der Waals surface area contributed by atoms with E-state index in [1.165, 1.54) is 32.1 Å². The molecule has 0 aromatic carbocycles. The standard InChI is InChI=1S/C16H30N4O2S2.HI/c1-17-15(18-8-10-20-9-5-13-24(20,21)22)19-11-12-23-16(14-19)6-3-2-4-7-16;/h2-14H2,1H3,(H,17,18);1H. The van der Waals surface area contributed by atoms with Crippen LogP contribution in [0.25, 0.3) is 0 Å². The first-order valence-corrected chi connectivity index (χ1v) is 11.7. The lowest BCUT2D eigenvalue weighted by atomic mass is 9.87. The van der Waals surface area contributed by atoms with Crippen LogP contribution >= 0.6 is 35.7 Å². The summed E-state index contributed by atoms with van der Waals surface area (Å²) < 4.78 is 25.7. The maximum atomic E-state index is 11.9. The third-order valence-corrected chi connectivity index (χ3v) is 8.87. The van der Waals surface area contributed by atoms with Crippen molar-refractivity contribution in [1.29, 1.82) is 0 Å². The Morgan fingerprint density at radius 3 is 2.60 bits per heavy atom. The minimum absolute atomic E-state index is 0. The molecule has 9 heteroatoms. The molecule has 0 bridgehead atoms. The van der Waals surface area contributed by atoms with E-state index in [1.807, 2.05) is 7.05 Å². The van der Waals surface area contributed by atoms with E-state index in [2.05, 4.69) is 27.0 Å². The van der Waals surface area contributed by atoms with Gasteiger partial charge in [0.25, 0.3) is 0 Å². The Morgan fingerprint density at radius 1 is 1.20 bits per heavy atom. The van der Waals surface area contributed by atoms with E-state index in [0.717, 1.165) is 31.2 Å². The van der Waals surface area contributed by atoms with Crippen LogP contribution in [0, 0.1) is 0 Å². The van der Waals surface area contributed by atoms with Crippen LogP contribution in [-0.2, 0) is 10.0 Å². The van der Waals surface area contributed by atoms with Gasteiger partial charge in [0.15, 0.2) is 5.96 Å². The van der Waals surface area contributed by atoms with Gasteiger partial charge in [-0.1, -0.05) is 19.3 Å². The van der Waals surface area contributed by atoms with Crippen molar-refractivity contribution < 1.29 is 8.42 Å². The summed E-state index contributed by atoms with van der Waals surface area (Å²) in [5, 5.41) is 3.39. The van der Waals surface area contributed by atoms with E-state index in [1.54, 1.807) is 4.31 Å². The van der Waals surface area contributed by atoms with Gasteiger partial charge in [0.1, 0.15) is 0 Å². The summed E-state index contributed by atoms with van der Waals surface area (Å²) in [5.74, 6) is 2.38. The Morgan fingerprint density at radius 2 is 1.96 bits per heavy atom. The average molecular weight is 502 g/mol. The van der Waals surface area contributed by atoms with Gasteiger partial charge in [0.2, 0.25) is 10.0 Å². The summed E-state index contributed by atoms with van der Waals surface area (Å²) in [6.07, 6.45) is 7.45. The summed E-state index contributed by atoms with van der Waals surface area (Å²) >= 11 is 2.15. The molecule has 0 radical (unpaired) electrons. The minimum atomic E-state index is -3.00. The van der Waals surface area contributed by atoms with Crippen LogP contribution in [0.3, 0.4) is 0 Å². The molecule has 3 aliphatic rings. The van der Waals surface area contributed by atoms with Gasteiger partial charge in [-0.05, 0) is 19.3 Å². The van der Waals surface area contributed by atoms with Crippen molar-refractivity contribution in [3.63, 3.8) is 0 Å². The molecule has 2 aliphatic heterocycles. The number of halogens is 1. The highest BCUT2D eigenvalue weighted by atomic mass is 127. The Bertz CT molecular complexity index is 559. The lowest BCUT2D eigenvalue weighted by Gasteiger charge is -2.45. The number of hydrogen-bond donors (Lipinski definition) is 1. The van der Waals surface area contributed by atoms with Crippen molar-refractivity contribution in [1.82, 2.24) is 14.5 Å². The van der Waals surface area contributed by atoms with Gasteiger partial charge >= 0.3 is 0 Å². The Balaban J connectivity index is 0.00000225. The van der Waals surface area contributed by atoms with Crippen molar-refractivity contribution in [2.75, 3.05) is 51.3 Å². The summed E-state index contributed by atoms with van der Waals surface area (Å²) in [6, 6.07) is 0. The van der Waals surface area contributed by atoms with E-state index < -0.39 is 10.0 Å². The van der Waals surface area contributed by atoms with Gasteiger partial charge in [0, 0.05) is 50.3 Å². The average Bonchev–Trinajstić information content (AvgIpc) is 2.91. The number of guanidine groups is 1. The van der Waals surface area contributed by atoms with Gasteiger partial charge in [-0.2, -0.15) is 11.8 Å². The molecule has 2 saturated heterocycles. The fourth-order valence-electron chi connectivity index (χ4n) is 4.09. The first kappa shape index (κ1) is 21.6. The molecule has 0 aromatic heterocycles. The van der Waals surface area contributed by atoms with E-state index in [-0.39, 0.29) is 24.0 Å². The fraction of sp³-hybridized carbons (Fsp3) is 0.938. The smallest absolute Gasteiger partial charge is 0.214 e. The fourth-order valence-corrected chi connectivity index (χ4v) is 7.19. The lowest BCUT2D eigenvalue weighted by Crippen LogP contribution is -2.54. The van der Waals surface area contributed by atoms with Crippen LogP contribution in [0.1, 0.15) is 38.5 Å². The maximum absolute atomic E-state index is 11.9. The Kier molecular flexibility index (Phi) is 8.15. The number of nitrogens with one attached hydrogen (secondary N) is 1. The SMILES string of the molecule is CN=C(NCCN1CCCS1(=O)=O)N1CCSC2(CCCCC2)C1.I. The second kappa shape index (κ2) is 9.45. The highest BCUT2D eigenvalue weighted by molar-refractivity contribution is 14.0. The summed E-state index contributed by atoms with van der Waals surface area (Å²) in [6.45, 7) is 3.91. The molecule has 1 saturated carbocycles. The molecule has 0 aromatic rings. The Hall–Kier alpha value is 0.260. The molecule has 146 valence electrons. The normalized spacial score (nSPS) is 26.4. The molecule has 1 aliphatic carbocycles. The molecule has 3 fully saturated rings. The molecule has 2 heterocycles. The van der Waals surface area contributed by atoms with Gasteiger partial charge < -0.3 is 10.2 Å². The molecule has 1 spiro atoms. The quantitative estimate of drug-likeness (QED) is 0.363. The number of rotatable bonds is 3. The van der Waals surface area contributed by atoms with Crippen LogP contribution in [0.5, 0.6) is 0 Å². The zero-order valence-electron chi connectivity index (χ0n) is 15.1. The maximum Gasteiger partial charge on any atom is 0.214 e. The van der Waals surface area contributed by atoms with E-state index >= 15 is 0 Å². The first-order chi connectivity index (χ1) is 11.5. The van der Waals surface area contributed by atoms with Crippen molar-refractivity contribution in [3.8, 4) is 0 Å². The molecule has 0 atom stereocenters. The van der Waals surface area contributed by atoms with E-state index in [0.29, 0.717) is 30.1 Å². The van der Waals surface area contributed by atoms with Gasteiger partial charge in [-0.15, -0.1) is 24.0 Å². The molecule has 1 N–H and O–H groups in total. The van der Waals surface area contributed by atoms with Crippen LogP contribution in [0.2, 0.25) is 0 Å². The predicted molar refractivity (Wildman–Crippen MR) is 117 cm³/mol. The summed E-state index contributed by atoms with van der Waals surface area (Å²) in [7, 11) is -1.18. The highest BCUT2D eigenvalue weighted by Gasteiger charge is 2.38. The zero-order chi connectivity index (χ0) is 17.0. The number of sulfonamides is 1. The number of aliphatic imine (C=N–C) groups is 1. The molecular formula is C16H31IN4O2S2. The summed E-state index contributed by atoms with van der Waals surface area (Å²) in [5.41, 5.74) is 0. The molecule has 25 heavy (non-hydrogen) atoms. The van der Waals surface area contributed by atoms with Gasteiger partial charge in [0.05, 0.1) is 5.75 Å². The lowest BCUT2D eigenvalue weighted by molar-refractivity contribution is 0.292. The number of thioether (sulfide) groups is 1. The van der Waals surface area contributed by atoms with Crippen molar-refractivity contribution in [3.05, 3.63) is 0 Å². The first-order valence-electron chi connectivity index (χ1n) is 9.12. The molecule has 3 rings (SSSR count). The third kappa shape index (κ3) is 5.38.